The number of hydrogen-bond donors (Lipinski definition) is 1. The third-order valence-electron chi connectivity index (χ3n) is 3.64. The molecule has 8 heteroatoms. The summed E-state index contributed by atoms with van der Waals surface area (Å²) in [6.45, 7) is 0.374. The molecule has 0 bridgehead atoms. The summed E-state index contributed by atoms with van der Waals surface area (Å²) in [5.41, 5.74) is 0.689. The highest BCUT2D eigenvalue weighted by Crippen LogP contribution is 2.32. The van der Waals surface area contributed by atoms with Gasteiger partial charge in [0.15, 0.2) is 23.3 Å². The van der Waals surface area contributed by atoms with Crippen LogP contribution in [0.2, 0.25) is 0 Å². The fourth-order valence-corrected chi connectivity index (χ4v) is 2.36. The molecule has 0 saturated carbocycles. The Bertz CT molecular complexity index is 922. The molecule has 0 radical (unpaired) electrons. The van der Waals surface area contributed by atoms with E-state index in [1.165, 1.54) is 12.3 Å². The zero-order chi connectivity index (χ0) is 18.5. The first-order chi connectivity index (χ1) is 12.6. The second kappa shape index (κ2) is 7.64. The zero-order valence-electron chi connectivity index (χ0n) is 13.4. The molecule has 0 fully saturated rings. The molecule has 1 aromatic carbocycles. The van der Waals surface area contributed by atoms with Crippen molar-refractivity contribution in [2.24, 2.45) is 0 Å². The van der Waals surface area contributed by atoms with Crippen LogP contribution < -0.4 is 10.2 Å². The summed E-state index contributed by atoms with van der Waals surface area (Å²) in [5, 5.41) is 3.03. The lowest BCUT2D eigenvalue weighted by Gasteiger charge is -2.21. The van der Waals surface area contributed by atoms with E-state index >= 15 is 0 Å². The maximum Gasteiger partial charge on any atom is 0.218 e. The number of halogens is 3. The highest BCUT2D eigenvalue weighted by Gasteiger charge is 2.21. The molecule has 0 unspecified atom stereocenters. The van der Waals surface area contributed by atoms with Crippen molar-refractivity contribution in [3.05, 3.63) is 78.0 Å². The summed E-state index contributed by atoms with van der Waals surface area (Å²) in [5.74, 6) is -4.16. The van der Waals surface area contributed by atoms with E-state index < -0.39 is 23.1 Å². The maximum atomic E-state index is 14.1. The van der Waals surface area contributed by atoms with Crippen LogP contribution in [0.4, 0.5) is 30.4 Å². The zero-order valence-corrected chi connectivity index (χ0v) is 13.4. The van der Waals surface area contributed by atoms with E-state index in [2.05, 4.69) is 15.3 Å². The number of hydrogen-bond acceptors (Lipinski definition) is 4. The lowest BCUT2D eigenvalue weighted by atomic mass is 10.2. The summed E-state index contributed by atoms with van der Waals surface area (Å²) in [6, 6.07) is 8.38. The number of amides is 1. The molecule has 1 amide bonds. The van der Waals surface area contributed by atoms with Gasteiger partial charge in [-0.2, -0.15) is 0 Å². The van der Waals surface area contributed by atoms with Gasteiger partial charge >= 0.3 is 0 Å². The molecular weight excluding hydrogens is 345 g/mol. The van der Waals surface area contributed by atoms with Crippen LogP contribution in [0.3, 0.4) is 0 Å². The second-order valence-electron chi connectivity index (χ2n) is 5.25. The summed E-state index contributed by atoms with van der Waals surface area (Å²) in [7, 11) is 0. The van der Waals surface area contributed by atoms with Gasteiger partial charge in [0.25, 0.3) is 0 Å². The first kappa shape index (κ1) is 17.4. The Morgan fingerprint density at radius 2 is 1.73 bits per heavy atom. The van der Waals surface area contributed by atoms with E-state index in [1.807, 2.05) is 0 Å². The van der Waals surface area contributed by atoms with Gasteiger partial charge in [-0.05, 0) is 42.0 Å². The minimum absolute atomic E-state index is 0.196. The van der Waals surface area contributed by atoms with E-state index in [0.29, 0.717) is 13.0 Å². The molecule has 0 spiro atoms. The van der Waals surface area contributed by atoms with Crippen molar-refractivity contribution in [3.8, 4) is 0 Å². The van der Waals surface area contributed by atoms with Gasteiger partial charge in [-0.1, -0.05) is 0 Å². The number of rotatable bonds is 6. The normalized spacial score (nSPS) is 10.4. The molecule has 3 aromatic rings. The average molecular weight is 358 g/mol. The Hall–Kier alpha value is -3.42. The average Bonchev–Trinajstić information content (AvgIpc) is 2.68. The molecule has 3 rings (SSSR count). The molecule has 0 aliphatic carbocycles. The first-order valence-corrected chi connectivity index (χ1v) is 7.57. The van der Waals surface area contributed by atoms with Crippen molar-refractivity contribution in [3.63, 3.8) is 0 Å². The quantitative estimate of drug-likeness (QED) is 0.538. The SMILES string of the molecule is O=CN(c1cccnc1NCc1ccncc1)c1ccc(F)c(F)c1F. The molecular formula is C18H13F3N4O. The number of anilines is 3. The lowest BCUT2D eigenvalue weighted by molar-refractivity contribution is -0.106. The second-order valence-corrected chi connectivity index (χ2v) is 5.25. The first-order valence-electron chi connectivity index (χ1n) is 7.57. The van der Waals surface area contributed by atoms with Crippen LogP contribution in [0.1, 0.15) is 5.56 Å². The topological polar surface area (TPSA) is 58.1 Å². The maximum absolute atomic E-state index is 14.1. The van der Waals surface area contributed by atoms with Crippen molar-refractivity contribution in [2.75, 3.05) is 10.2 Å². The minimum atomic E-state index is -1.65. The van der Waals surface area contributed by atoms with Gasteiger partial charge in [-0.3, -0.25) is 14.7 Å². The van der Waals surface area contributed by atoms with Gasteiger partial charge in [-0.25, -0.2) is 18.2 Å². The number of carbonyl (C=O) groups is 1. The minimum Gasteiger partial charge on any atom is -0.364 e. The van der Waals surface area contributed by atoms with Crippen molar-refractivity contribution < 1.29 is 18.0 Å². The summed E-state index contributed by atoms with van der Waals surface area (Å²) >= 11 is 0. The van der Waals surface area contributed by atoms with Gasteiger partial charge in [0, 0.05) is 25.1 Å². The van der Waals surface area contributed by atoms with Crippen molar-refractivity contribution in [1.82, 2.24) is 9.97 Å². The number of nitrogens with one attached hydrogen (secondary N) is 1. The van der Waals surface area contributed by atoms with Gasteiger partial charge < -0.3 is 5.32 Å². The van der Waals surface area contributed by atoms with E-state index in [9.17, 15) is 18.0 Å². The Morgan fingerprint density at radius 3 is 2.46 bits per heavy atom. The molecule has 0 aliphatic heterocycles. The van der Waals surface area contributed by atoms with Gasteiger partial charge in [0.1, 0.15) is 0 Å². The third kappa shape index (κ3) is 3.49. The van der Waals surface area contributed by atoms with E-state index in [4.69, 9.17) is 0 Å². The van der Waals surface area contributed by atoms with Gasteiger partial charge in [-0.15, -0.1) is 0 Å². The lowest BCUT2D eigenvalue weighted by Crippen LogP contribution is -2.19. The van der Waals surface area contributed by atoms with Crippen LogP contribution >= 0.6 is 0 Å². The molecule has 0 aliphatic rings. The largest absolute Gasteiger partial charge is 0.364 e. The van der Waals surface area contributed by atoms with Crippen LogP contribution in [0.5, 0.6) is 0 Å². The van der Waals surface area contributed by atoms with Crippen LogP contribution in [0.25, 0.3) is 0 Å². The van der Waals surface area contributed by atoms with Gasteiger partial charge in [0.05, 0.1) is 11.4 Å². The Kier molecular flexibility index (Phi) is 5.12. The van der Waals surface area contributed by atoms with Crippen LogP contribution in [0.15, 0.2) is 55.0 Å². The Labute approximate surface area is 147 Å². The van der Waals surface area contributed by atoms with Gasteiger partial charge in [0.2, 0.25) is 6.41 Å². The molecule has 2 aromatic heterocycles. The van der Waals surface area contributed by atoms with Crippen LogP contribution in [-0.4, -0.2) is 16.4 Å². The monoisotopic (exact) mass is 358 g/mol. The van der Waals surface area contributed by atoms with Crippen molar-refractivity contribution in [2.45, 2.75) is 6.54 Å². The smallest absolute Gasteiger partial charge is 0.218 e. The fourth-order valence-electron chi connectivity index (χ4n) is 2.36. The summed E-state index contributed by atoms with van der Waals surface area (Å²) in [4.78, 5) is 20.5. The molecule has 2 heterocycles. The van der Waals surface area contributed by atoms with E-state index in [0.717, 1.165) is 22.6 Å². The molecule has 0 saturated heterocycles. The summed E-state index contributed by atoms with van der Waals surface area (Å²) in [6.07, 6.45) is 5.06. The van der Waals surface area contributed by atoms with Crippen molar-refractivity contribution >= 4 is 23.6 Å². The number of nitrogens with zero attached hydrogens (tertiary/aromatic N) is 3. The highest BCUT2D eigenvalue weighted by atomic mass is 19.2. The number of carbonyl (C=O) groups excluding carboxylic acids is 1. The molecule has 0 atom stereocenters. The van der Waals surface area contributed by atoms with Crippen LogP contribution in [0, 0.1) is 17.5 Å². The van der Waals surface area contributed by atoms with E-state index in [-0.39, 0.29) is 11.5 Å². The predicted molar refractivity (Wildman–Crippen MR) is 90.3 cm³/mol. The summed E-state index contributed by atoms with van der Waals surface area (Å²) < 4.78 is 40.8. The third-order valence-corrected chi connectivity index (χ3v) is 3.64. The van der Waals surface area contributed by atoms with Crippen molar-refractivity contribution in [1.29, 1.82) is 0 Å². The molecule has 132 valence electrons. The van der Waals surface area contributed by atoms with E-state index in [1.54, 1.807) is 30.6 Å². The predicted octanol–water partition coefficient (Wildman–Crippen LogP) is 3.80. The Balaban J connectivity index is 1.95. The standard InChI is InChI=1S/C18H13F3N4O/c19-13-3-4-14(17(21)16(13)20)25(11-26)15-2-1-7-23-18(15)24-10-12-5-8-22-9-6-12/h1-9,11H,10H2,(H,23,24). The number of pyridine rings is 2. The molecule has 1 N–H and O–H groups in total. The number of aromatic nitrogens is 2. The van der Waals surface area contributed by atoms with Crippen LogP contribution in [-0.2, 0) is 11.3 Å². The fraction of sp³-hybridized carbons (Fsp3) is 0.0556. The number of benzene rings is 1. The highest BCUT2D eigenvalue weighted by molar-refractivity contribution is 5.91. The molecule has 26 heavy (non-hydrogen) atoms. The Morgan fingerprint density at radius 1 is 0.962 bits per heavy atom. The molecule has 5 nitrogen and oxygen atoms in total.